The topological polar surface area (TPSA) is 76.1 Å². The molecule has 0 unspecified atom stereocenters. The normalized spacial score (nSPS) is 11.9. The molecule has 2 aromatic carbocycles. The average molecular weight is 489 g/mol. The summed E-state index contributed by atoms with van der Waals surface area (Å²) >= 11 is 12.2. The highest BCUT2D eigenvalue weighted by molar-refractivity contribution is 7.90. The van der Waals surface area contributed by atoms with Crippen LogP contribution in [0.1, 0.15) is 15.9 Å². The van der Waals surface area contributed by atoms with Gasteiger partial charge in [-0.3, -0.25) is 9.78 Å². The fraction of sp³-hybridized carbons (Fsp3) is 0.100. The molecule has 0 saturated heterocycles. The number of carbonyl (C=O) groups is 1. The highest BCUT2D eigenvalue weighted by atomic mass is 35.5. The molecule has 0 aliphatic carbocycles. The first kappa shape index (κ1) is 23.1. The van der Waals surface area contributed by atoms with Crippen molar-refractivity contribution in [2.24, 2.45) is 0 Å². The largest absolute Gasteiger partial charge is 0.416 e. The van der Waals surface area contributed by atoms with E-state index in [1.807, 2.05) is 0 Å². The summed E-state index contributed by atoms with van der Waals surface area (Å²) in [6.07, 6.45) is -2.52. The molecule has 0 aliphatic heterocycles. The molecule has 0 spiro atoms. The summed E-state index contributed by atoms with van der Waals surface area (Å²) in [5, 5.41) is 2.62. The van der Waals surface area contributed by atoms with E-state index in [0.29, 0.717) is 0 Å². The lowest BCUT2D eigenvalue weighted by Gasteiger charge is -2.12. The molecule has 0 saturated carbocycles. The van der Waals surface area contributed by atoms with Crippen LogP contribution in [0.4, 0.5) is 18.9 Å². The summed E-state index contributed by atoms with van der Waals surface area (Å²) in [6, 6.07) is 9.60. The molecule has 0 bridgehead atoms. The predicted molar refractivity (Wildman–Crippen MR) is 112 cm³/mol. The first-order valence-electron chi connectivity index (χ1n) is 8.50. The van der Waals surface area contributed by atoms with Crippen molar-refractivity contribution in [2.75, 3.05) is 11.6 Å². The van der Waals surface area contributed by atoms with Gasteiger partial charge < -0.3 is 5.32 Å². The van der Waals surface area contributed by atoms with Crippen LogP contribution >= 0.6 is 23.2 Å². The minimum Gasteiger partial charge on any atom is -0.322 e. The lowest BCUT2D eigenvalue weighted by molar-refractivity contribution is -0.137. The summed E-state index contributed by atoms with van der Waals surface area (Å²) in [6.45, 7) is 0. The lowest BCUT2D eigenvalue weighted by atomic mass is 10.1. The predicted octanol–water partition coefficient (Wildman–Crippen LogP) is 5.73. The molecule has 1 heterocycles. The Labute approximate surface area is 185 Å². The highest BCUT2D eigenvalue weighted by Gasteiger charge is 2.31. The third-order valence-corrected chi connectivity index (χ3v) is 5.95. The smallest absolute Gasteiger partial charge is 0.322 e. The Balaban J connectivity index is 1.92. The molecule has 1 aromatic heterocycles. The van der Waals surface area contributed by atoms with Crippen molar-refractivity contribution in [1.82, 2.24) is 4.98 Å². The van der Waals surface area contributed by atoms with E-state index >= 15 is 0 Å². The van der Waals surface area contributed by atoms with Gasteiger partial charge in [0.2, 0.25) is 0 Å². The molecule has 0 aliphatic rings. The fourth-order valence-electron chi connectivity index (χ4n) is 2.66. The van der Waals surface area contributed by atoms with E-state index in [4.69, 9.17) is 23.2 Å². The van der Waals surface area contributed by atoms with Crippen LogP contribution in [0, 0.1) is 0 Å². The highest BCUT2D eigenvalue weighted by Crippen LogP contribution is 2.34. The molecular weight excluding hydrogens is 476 g/mol. The molecule has 3 rings (SSSR count). The number of alkyl halides is 3. The molecule has 1 amide bonds. The zero-order valence-electron chi connectivity index (χ0n) is 15.7. The Hall–Kier alpha value is -2.62. The molecule has 5 nitrogen and oxygen atoms in total. The van der Waals surface area contributed by atoms with Gasteiger partial charge in [-0.1, -0.05) is 23.2 Å². The number of hydrogen-bond acceptors (Lipinski definition) is 4. The standard InChI is InChI=1S/C20H13Cl2F3N2O3S/c1-31(29,30)13-3-4-14(17(22)10-13)19(28)27-12-2-5-16(21)15(9-12)18-8-11(6-7-26-18)20(23,24)25/h2-10H,1H3,(H,27,28). The Morgan fingerprint density at radius 2 is 1.71 bits per heavy atom. The van der Waals surface area contributed by atoms with E-state index < -0.39 is 27.5 Å². The number of amides is 1. The summed E-state index contributed by atoms with van der Waals surface area (Å²) in [5.74, 6) is -0.643. The van der Waals surface area contributed by atoms with Gasteiger partial charge in [-0.2, -0.15) is 13.2 Å². The number of aromatic nitrogens is 1. The van der Waals surface area contributed by atoms with Crippen LogP contribution in [0.2, 0.25) is 10.0 Å². The van der Waals surface area contributed by atoms with Crippen molar-refractivity contribution in [3.63, 3.8) is 0 Å². The number of sulfone groups is 1. The van der Waals surface area contributed by atoms with E-state index in [9.17, 15) is 26.4 Å². The maximum Gasteiger partial charge on any atom is 0.416 e. The van der Waals surface area contributed by atoms with Gasteiger partial charge in [-0.25, -0.2) is 8.42 Å². The zero-order valence-corrected chi connectivity index (χ0v) is 18.0. The number of rotatable bonds is 4. The van der Waals surface area contributed by atoms with Crippen molar-refractivity contribution < 1.29 is 26.4 Å². The zero-order chi connectivity index (χ0) is 23.0. The molecule has 0 radical (unpaired) electrons. The second-order valence-electron chi connectivity index (χ2n) is 6.49. The Bertz CT molecular complexity index is 1280. The summed E-state index contributed by atoms with van der Waals surface area (Å²) in [4.78, 5) is 16.5. The van der Waals surface area contributed by atoms with Gasteiger partial charge in [0, 0.05) is 23.7 Å². The number of nitrogens with one attached hydrogen (secondary N) is 1. The van der Waals surface area contributed by atoms with E-state index in [1.54, 1.807) is 0 Å². The van der Waals surface area contributed by atoms with Gasteiger partial charge in [0.05, 0.1) is 31.8 Å². The number of nitrogens with zero attached hydrogens (tertiary/aromatic N) is 1. The van der Waals surface area contributed by atoms with Gasteiger partial charge in [0.15, 0.2) is 9.84 Å². The summed E-state index contributed by atoms with van der Waals surface area (Å²) in [7, 11) is -3.50. The average Bonchev–Trinajstić information content (AvgIpc) is 2.68. The molecule has 3 aromatic rings. The Morgan fingerprint density at radius 1 is 1.00 bits per heavy atom. The van der Waals surface area contributed by atoms with Crippen LogP contribution in [0.25, 0.3) is 11.3 Å². The van der Waals surface area contributed by atoms with Crippen LogP contribution < -0.4 is 5.32 Å². The van der Waals surface area contributed by atoms with Crippen molar-refractivity contribution in [3.8, 4) is 11.3 Å². The lowest BCUT2D eigenvalue weighted by Crippen LogP contribution is -2.13. The monoisotopic (exact) mass is 488 g/mol. The third-order valence-electron chi connectivity index (χ3n) is 4.20. The third kappa shape index (κ3) is 5.36. The first-order chi connectivity index (χ1) is 14.4. The summed E-state index contributed by atoms with van der Waals surface area (Å²) < 4.78 is 62.2. The molecular formula is C20H13Cl2F3N2O3S. The minimum atomic E-state index is -4.55. The van der Waals surface area contributed by atoms with Crippen molar-refractivity contribution in [1.29, 1.82) is 0 Å². The van der Waals surface area contributed by atoms with Gasteiger partial charge >= 0.3 is 6.18 Å². The second-order valence-corrected chi connectivity index (χ2v) is 9.32. The Kier molecular flexibility index (Phi) is 6.31. The van der Waals surface area contributed by atoms with Crippen LogP contribution in [-0.4, -0.2) is 25.6 Å². The molecule has 31 heavy (non-hydrogen) atoms. The van der Waals surface area contributed by atoms with E-state index in [1.165, 1.54) is 30.3 Å². The van der Waals surface area contributed by atoms with Gasteiger partial charge in [-0.05, 0) is 48.5 Å². The van der Waals surface area contributed by atoms with Crippen LogP contribution in [0.5, 0.6) is 0 Å². The number of halogens is 5. The van der Waals surface area contributed by atoms with E-state index in [0.717, 1.165) is 30.7 Å². The number of carbonyl (C=O) groups excluding carboxylic acids is 1. The fourth-order valence-corrected chi connectivity index (χ4v) is 3.86. The maximum atomic E-state index is 13.0. The minimum absolute atomic E-state index is 0.0164. The number of pyridine rings is 1. The Morgan fingerprint density at radius 3 is 2.32 bits per heavy atom. The second kappa shape index (κ2) is 8.49. The first-order valence-corrected chi connectivity index (χ1v) is 11.1. The van der Waals surface area contributed by atoms with Gasteiger partial charge in [0.25, 0.3) is 5.91 Å². The number of hydrogen-bond donors (Lipinski definition) is 1. The molecule has 162 valence electrons. The molecule has 11 heteroatoms. The number of anilines is 1. The van der Waals surface area contributed by atoms with Crippen molar-refractivity contribution in [2.45, 2.75) is 11.1 Å². The maximum absolute atomic E-state index is 13.0. The molecule has 0 fully saturated rings. The van der Waals surface area contributed by atoms with Crippen LogP contribution in [0.15, 0.2) is 59.6 Å². The van der Waals surface area contributed by atoms with Gasteiger partial charge in [0.1, 0.15) is 0 Å². The summed E-state index contributed by atoms with van der Waals surface area (Å²) in [5.41, 5.74) is -0.481. The van der Waals surface area contributed by atoms with Crippen molar-refractivity contribution >= 4 is 44.6 Å². The quantitative estimate of drug-likeness (QED) is 0.508. The van der Waals surface area contributed by atoms with Crippen molar-refractivity contribution in [3.05, 3.63) is 75.9 Å². The molecule has 0 atom stereocenters. The van der Waals surface area contributed by atoms with E-state index in [2.05, 4.69) is 10.3 Å². The number of benzene rings is 2. The van der Waals surface area contributed by atoms with Gasteiger partial charge in [-0.15, -0.1) is 0 Å². The molecule has 1 N–H and O–H groups in total. The van der Waals surface area contributed by atoms with Crippen LogP contribution in [0.3, 0.4) is 0 Å². The SMILES string of the molecule is CS(=O)(=O)c1ccc(C(=O)Nc2ccc(Cl)c(-c3cc(C(F)(F)F)ccn3)c2)c(Cl)c1. The van der Waals surface area contributed by atoms with E-state index in [-0.39, 0.29) is 37.4 Å². The van der Waals surface area contributed by atoms with Crippen LogP contribution in [-0.2, 0) is 16.0 Å².